The molecular weight excluding hydrogens is 477 g/mol. The predicted octanol–water partition coefficient (Wildman–Crippen LogP) is 5.03. The second-order valence-electron chi connectivity index (χ2n) is 5.28. The Balaban J connectivity index is 2.17. The van der Waals surface area contributed by atoms with Gasteiger partial charge in [0.2, 0.25) is 5.91 Å². The summed E-state index contributed by atoms with van der Waals surface area (Å²) in [7, 11) is 0. The Morgan fingerprint density at radius 3 is 2.32 bits per heavy atom. The van der Waals surface area contributed by atoms with E-state index in [4.69, 9.17) is 21.4 Å². The van der Waals surface area contributed by atoms with Crippen molar-refractivity contribution in [3.63, 3.8) is 0 Å². The zero-order valence-electron chi connectivity index (χ0n) is 13.1. The first-order valence-electron chi connectivity index (χ1n) is 7.14. The zero-order chi connectivity index (χ0) is 18.6. The summed E-state index contributed by atoms with van der Waals surface area (Å²) in [6.07, 6.45) is -0.0775. The first-order chi connectivity index (χ1) is 11.7. The molecule has 0 aliphatic heterocycles. The van der Waals surface area contributed by atoms with Crippen LogP contribution in [0.1, 0.15) is 18.1 Å². The summed E-state index contributed by atoms with van der Waals surface area (Å²) in [5, 5.41) is 12.0. The van der Waals surface area contributed by atoms with E-state index in [1.54, 1.807) is 30.3 Å². The largest absolute Gasteiger partial charge is 0.487 e. The van der Waals surface area contributed by atoms with Crippen molar-refractivity contribution in [3.05, 3.63) is 55.4 Å². The number of hydrogen-bond acceptors (Lipinski definition) is 3. The molecule has 2 rings (SSSR count). The fourth-order valence-electron chi connectivity index (χ4n) is 2.19. The van der Waals surface area contributed by atoms with Gasteiger partial charge >= 0.3 is 5.97 Å². The average molecular weight is 492 g/mol. The van der Waals surface area contributed by atoms with Gasteiger partial charge in [0.25, 0.3) is 0 Å². The van der Waals surface area contributed by atoms with Crippen molar-refractivity contribution in [3.8, 4) is 5.75 Å². The molecule has 0 aliphatic carbocycles. The number of amides is 1. The van der Waals surface area contributed by atoms with Gasteiger partial charge < -0.3 is 15.2 Å². The van der Waals surface area contributed by atoms with E-state index in [0.717, 1.165) is 5.56 Å². The Morgan fingerprint density at radius 1 is 1.12 bits per heavy atom. The standard InChI is InChI=1S/C17H14Br2ClNO4/c1-9(22)21-13-3-11(2-12(20)7-13)8-25-17-14(18)4-10(5-15(17)19)6-16(23)24/h2-5,7H,6,8H2,1H3,(H,21,22)(H,23,24). The van der Waals surface area contributed by atoms with Gasteiger partial charge in [0.05, 0.1) is 15.4 Å². The van der Waals surface area contributed by atoms with Crippen LogP contribution < -0.4 is 10.1 Å². The van der Waals surface area contributed by atoms with E-state index >= 15 is 0 Å². The van der Waals surface area contributed by atoms with Crippen LogP contribution in [0.3, 0.4) is 0 Å². The highest BCUT2D eigenvalue weighted by molar-refractivity contribution is 9.11. The molecule has 8 heteroatoms. The summed E-state index contributed by atoms with van der Waals surface area (Å²) >= 11 is 12.9. The smallest absolute Gasteiger partial charge is 0.307 e. The maximum atomic E-state index is 11.2. The van der Waals surface area contributed by atoms with Gasteiger partial charge in [-0.05, 0) is 73.3 Å². The van der Waals surface area contributed by atoms with Crippen LogP contribution in [-0.2, 0) is 22.6 Å². The number of rotatable bonds is 6. The minimum atomic E-state index is -0.906. The molecule has 0 spiro atoms. The minimum Gasteiger partial charge on any atom is -0.487 e. The Morgan fingerprint density at radius 2 is 1.76 bits per heavy atom. The van der Waals surface area contributed by atoms with Gasteiger partial charge in [-0.1, -0.05) is 11.6 Å². The molecule has 0 heterocycles. The third-order valence-corrected chi connectivity index (χ3v) is 4.47. The number of benzene rings is 2. The number of carboxylic acid groups (broad SMARTS) is 1. The molecule has 2 aromatic rings. The molecule has 0 bridgehead atoms. The molecule has 0 fully saturated rings. The van der Waals surface area contributed by atoms with Crippen LogP contribution in [0.5, 0.6) is 5.75 Å². The number of ether oxygens (including phenoxy) is 1. The predicted molar refractivity (Wildman–Crippen MR) is 103 cm³/mol. The van der Waals surface area contributed by atoms with Crippen LogP contribution in [0.2, 0.25) is 5.02 Å². The highest BCUT2D eigenvalue weighted by atomic mass is 79.9. The van der Waals surface area contributed by atoms with Crippen LogP contribution in [0.4, 0.5) is 5.69 Å². The van der Waals surface area contributed by atoms with Gasteiger partial charge in [-0.25, -0.2) is 0 Å². The molecule has 0 saturated heterocycles. The van der Waals surface area contributed by atoms with Crippen LogP contribution in [0, 0.1) is 0 Å². The van der Waals surface area contributed by atoms with Crippen molar-refractivity contribution < 1.29 is 19.4 Å². The first kappa shape index (κ1) is 19.8. The number of anilines is 1. The molecule has 2 N–H and O–H groups in total. The zero-order valence-corrected chi connectivity index (χ0v) is 17.0. The number of aliphatic carboxylic acids is 1. The summed E-state index contributed by atoms with van der Waals surface area (Å²) in [5.41, 5.74) is 2.02. The van der Waals surface area contributed by atoms with Gasteiger partial charge in [0.1, 0.15) is 12.4 Å². The number of hydrogen-bond donors (Lipinski definition) is 2. The Kier molecular flexibility index (Phi) is 6.87. The summed E-state index contributed by atoms with van der Waals surface area (Å²) < 4.78 is 7.10. The normalized spacial score (nSPS) is 10.4. The lowest BCUT2D eigenvalue weighted by atomic mass is 10.1. The van der Waals surface area contributed by atoms with E-state index in [0.29, 0.717) is 31.0 Å². The SMILES string of the molecule is CC(=O)Nc1cc(Cl)cc(COc2c(Br)cc(CC(=O)O)cc2Br)c1. The maximum Gasteiger partial charge on any atom is 0.307 e. The molecular formula is C17H14Br2ClNO4. The quantitative estimate of drug-likeness (QED) is 0.594. The maximum absolute atomic E-state index is 11.2. The lowest BCUT2D eigenvalue weighted by Crippen LogP contribution is -2.06. The molecule has 25 heavy (non-hydrogen) atoms. The lowest BCUT2D eigenvalue weighted by molar-refractivity contribution is -0.136. The van der Waals surface area contributed by atoms with Gasteiger partial charge in [-0.15, -0.1) is 0 Å². The summed E-state index contributed by atoms with van der Waals surface area (Å²) in [6.45, 7) is 1.65. The van der Waals surface area contributed by atoms with Crippen molar-refractivity contribution in [1.82, 2.24) is 0 Å². The van der Waals surface area contributed by atoms with Crippen molar-refractivity contribution in [2.45, 2.75) is 20.0 Å². The van der Waals surface area contributed by atoms with Crippen LogP contribution in [-0.4, -0.2) is 17.0 Å². The van der Waals surface area contributed by atoms with Gasteiger partial charge in [0.15, 0.2) is 0 Å². The molecule has 0 unspecified atom stereocenters. The van der Waals surface area contributed by atoms with Crippen molar-refractivity contribution in [2.75, 3.05) is 5.32 Å². The molecule has 2 aromatic carbocycles. The second-order valence-corrected chi connectivity index (χ2v) is 7.42. The first-order valence-corrected chi connectivity index (χ1v) is 9.10. The monoisotopic (exact) mass is 489 g/mol. The summed E-state index contributed by atoms with van der Waals surface area (Å²) in [6, 6.07) is 8.57. The van der Waals surface area contributed by atoms with Gasteiger partial charge in [0, 0.05) is 17.6 Å². The highest BCUT2D eigenvalue weighted by Gasteiger charge is 2.12. The molecule has 0 aliphatic rings. The molecule has 0 atom stereocenters. The molecule has 0 radical (unpaired) electrons. The fraction of sp³-hybridized carbons (Fsp3) is 0.176. The lowest BCUT2D eigenvalue weighted by Gasteiger charge is -2.13. The minimum absolute atomic E-state index is 0.0775. The van der Waals surface area contributed by atoms with E-state index in [-0.39, 0.29) is 18.9 Å². The fourth-order valence-corrected chi connectivity index (χ4v) is 3.96. The van der Waals surface area contributed by atoms with E-state index < -0.39 is 5.97 Å². The number of nitrogens with one attached hydrogen (secondary N) is 1. The molecule has 1 amide bonds. The topological polar surface area (TPSA) is 75.6 Å². The average Bonchev–Trinajstić information content (AvgIpc) is 2.44. The Hall–Kier alpha value is -1.57. The van der Waals surface area contributed by atoms with Crippen LogP contribution >= 0.6 is 43.5 Å². The Bertz CT molecular complexity index is 803. The number of carbonyl (C=O) groups excluding carboxylic acids is 1. The molecule has 0 aromatic heterocycles. The number of carbonyl (C=O) groups is 2. The van der Waals surface area contributed by atoms with Crippen molar-refractivity contribution >= 4 is 61.0 Å². The van der Waals surface area contributed by atoms with Crippen molar-refractivity contribution in [2.24, 2.45) is 0 Å². The van der Waals surface area contributed by atoms with E-state index in [9.17, 15) is 9.59 Å². The summed E-state index contributed by atoms with van der Waals surface area (Å²) in [5.74, 6) is -0.541. The molecule has 0 saturated carbocycles. The van der Waals surface area contributed by atoms with Crippen LogP contribution in [0.25, 0.3) is 0 Å². The van der Waals surface area contributed by atoms with Gasteiger partial charge in [-0.2, -0.15) is 0 Å². The third-order valence-electron chi connectivity index (χ3n) is 3.07. The third kappa shape index (κ3) is 6.02. The van der Waals surface area contributed by atoms with Crippen molar-refractivity contribution in [1.29, 1.82) is 0 Å². The summed E-state index contributed by atoms with van der Waals surface area (Å²) in [4.78, 5) is 22.0. The second kappa shape index (κ2) is 8.69. The molecule has 132 valence electrons. The number of halogens is 3. The molecule has 5 nitrogen and oxygen atoms in total. The Labute approximate surface area is 166 Å². The highest BCUT2D eigenvalue weighted by Crippen LogP contribution is 2.35. The van der Waals surface area contributed by atoms with E-state index in [1.165, 1.54) is 6.92 Å². The number of carboxylic acids is 1. The van der Waals surface area contributed by atoms with Crippen LogP contribution in [0.15, 0.2) is 39.3 Å². The van der Waals surface area contributed by atoms with Gasteiger partial charge in [-0.3, -0.25) is 9.59 Å². The van der Waals surface area contributed by atoms with E-state index in [1.807, 2.05) is 0 Å². The van der Waals surface area contributed by atoms with E-state index in [2.05, 4.69) is 37.2 Å².